The number of unbranched alkanes of at least 4 members (excludes halogenated alkanes) is 39. The number of ether oxygens (including phenoxy) is 2. The summed E-state index contributed by atoms with van der Waals surface area (Å²) < 4.78 is 11.3. The molecule has 73 heavy (non-hydrogen) atoms. The lowest BCUT2D eigenvalue weighted by atomic mass is 9.99. The molecule has 0 radical (unpaired) electrons. The Morgan fingerprint density at radius 2 is 0.808 bits per heavy atom. The zero-order valence-electron chi connectivity index (χ0n) is 47.9. The van der Waals surface area contributed by atoms with Gasteiger partial charge in [-0.1, -0.05) is 288 Å². The molecule has 1 fully saturated rings. The second kappa shape index (κ2) is 53.8. The second-order valence-corrected chi connectivity index (χ2v) is 22.2. The number of hydrogen-bond acceptors (Lipinski definition) is 8. The Hall–Kier alpha value is -1.59. The van der Waals surface area contributed by atoms with Crippen LogP contribution in [0.4, 0.5) is 0 Å². The molecule has 9 nitrogen and oxygen atoms in total. The van der Waals surface area contributed by atoms with Gasteiger partial charge in [0.15, 0.2) is 6.29 Å². The topological polar surface area (TPSA) is 149 Å². The standard InChI is InChI=1S/C64H121NO8/c1-3-5-7-9-11-13-15-17-19-21-23-25-27-28-29-30-32-34-36-38-40-42-44-46-48-50-52-54-60(68)65-57(56-72-64-63(71)62(70)61(69)59(55-66)73-64)58(67)53-51-49-47-45-43-41-39-37-35-33-31-26-24-22-20-18-16-14-12-10-8-6-4-2/h15,17,21,23,27-28,57-59,61-64,66-67,69-71H,3-14,16,18-20,22,24-26,29-56H2,1-2H3,(H,65,68)/b17-15-,23-21-,28-27-. The van der Waals surface area contributed by atoms with E-state index in [-0.39, 0.29) is 12.5 Å². The highest BCUT2D eigenvalue weighted by Gasteiger charge is 2.44. The number of carbonyl (C=O) groups is 1. The number of amides is 1. The molecule has 0 aromatic carbocycles. The molecule has 0 bridgehead atoms. The summed E-state index contributed by atoms with van der Waals surface area (Å²) in [4.78, 5) is 13.1. The Bertz CT molecular complexity index is 1240. The molecule has 1 aliphatic rings. The first-order valence-electron chi connectivity index (χ1n) is 31.7. The maximum atomic E-state index is 13.1. The second-order valence-electron chi connectivity index (χ2n) is 22.2. The number of carbonyl (C=O) groups excluding carboxylic acids is 1. The van der Waals surface area contributed by atoms with Crippen LogP contribution in [0.5, 0.6) is 0 Å². The molecule has 1 saturated heterocycles. The Morgan fingerprint density at radius 1 is 0.466 bits per heavy atom. The van der Waals surface area contributed by atoms with E-state index in [1.165, 1.54) is 231 Å². The Morgan fingerprint density at radius 3 is 1.19 bits per heavy atom. The summed E-state index contributed by atoms with van der Waals surface area (Å²) in [6.07, 6.45) is 63.2. The van der Waals surface area contributed by atoms with Crippen molar-refractivity contribution in [2.24, 2.45) is 0 Å². The molecule has 430 valence electrons. The molecular weight excluding hydrogens is 911 g/mol. The van der Waals surface area contributed by atoms with Crippen molar-refractivity contribution >= 4 is 5.91 Å². The molecule has 6 N–H and O–H groups in total. The van der Waals surface area contributed by atoms with E-state index in [1.54, 1.807) is 0 Å². The van der Waals surface area contributed by atoms with Crippen LogP contribution in [-0.2, 0) is 14.3 Å². The van der Waals surface area contributed by atoms with Crippen LogP contribution in [0.25, 0.3) is 0 Å². The van der Waals surface area contributed by atoms with E-state index in [4.69, 9.17) is 9.47 Å². The van der Waals surface area contributed by atoms with Gasteiger partial charge in [0.05, 0.1) is 25.4 Å². The van der Waals surface area contributed by atoms with E-state index in [0.717, 1.165) is 51.4 Å². The number of rotatable bonds is 55. The molecule has 7 atom stereocenters. The zero-order chi connectivity index (χ0) is 52.9. The summed E-state index contributed by atoms with van der Waals surface area (Å²) in [6, 6.07) is -0.721. The van der Waals surface area contributed by atoms with Crippen LogP contribution in [0.2, 0.25) is 0 Å². The smallest absolute Gasteiger partial charge is 0.220 e. The first-order valence-corrected chi connectivity index (χ1v) is 31.7. The molecule has 1 rings (SSSR count). The maximum Gasteiger partial charge on any atom is 0.220 e. The molecule has 0 aliphatic carbocycles. The molecular formula is C64H121NO8. The van der Waals surface area contributed by atoms with Crippen molar-refractivity contribution in [2.45, 2.75) is 352 Å². The van der Waals surface area contributed by atoms with Crippen LogP contribution < -0.4 is 5.32 Å². The number of hydrogen-bond donors (Lipinski definition) is 6. The van der Waals surface area contributed by atoms with Gasteiger partial charge in [0.2, 0.25) is 5.91 Å². The number of nitrogens with one attached hydrogen (secondary N) is 1. The first kappa shape index (κ1) is 69.4. The van der Waals surface area contributed by atoms with E-state index in [0.29, 0.717) is 12.8 Å². The third-order valence-electron chi connectivity index (χ3n) is 15.2. The highest BCUT2D eigenvalue weighted by molar-refractivity contribution is 5.76. The third-order valence-corrected chi connectivity index (χ3v) is 15.2. The lowest BCUT2D eigenvalue weighted by Gasteiger charge is -2.40. The van der Waals surface area contributed by atoms with Gasteiger partial charge in [-0.2, -0.15) is 0 Å². The highest BCUT2D eigenvalue weighted by Crippen LogP contribution is 2.23. The summed E-state index contributed by atoms with van der Waals surface area (Å²) >= 11 is 0. The molecule has 1 heterocycles. The summed E-state index contributed by atoms with van der Waals surface area (Å²) in [5, 5.41) is 54.8. The van der Waals surface area contributed by atoms with E-state index in [2.05, 4.69) is 55.6 Å². The van der Waals surface area contributed by atoms with E-state index < -0.39 is 49.5 Å². The largest absolute Gasteiger partial charge is 0.394 e. The van der Waals surface area contributed by atoms with E-state index in [1.807, 2.05) is 0 Å². The zero-order valence-corrected chi connectivity index (χ0v) is 47.9. The lowest BCUT2D eigenvalue weighted by molar-refractivity contribution is -0.302. The fourth-order valence-corrected chi connectivity index (χ4v) is 10.2. The molecule has 0 saturated carbocycles. The van der Waals surface area contributed by atoms with Gasteiger partial charge in [-0.25, -0.2) is 0 Å². The molecule has 0 aromatic rings. The van der Waals surface area contributed by atoms with Gasteiger partial charge in [-0.15, -0.1) is 0 Å². The normalized spacial score (nSPS) is 19.2. The van der Waals surface area contributed by atoms with Crippen molar-refractivity contribution in [3.63, 3.8) is 0 Å². The minimum Gasteiger partial charge on any atom is -0.394 e. The number of aliphatic hydroxyl groups is 5. The average molecular weight is 1030 g/mol. The fraction of sp³-hybridized carbons (Fsp3) is 0.891. The van der Waals surface area contributed by atoms with Crippen molar-refractivity contribution in [2.75, 3.05) is 13.2 Å². The van der Waals surface area contributed by atoms with Crippen LogP contribution in [0.15, 0.2) is 36.5 Å². The van der Waals surface area contributed by atoms with Crippen molar-refractivity contribution in [1.29, 1.82) is 0 Å². The number of aliphatic hydroxyl groups excluding tert-OH is 5. The molecule has 1 amide bonds. The Kier molecular flexibility index (Phi) is 51.2. The average Bonchev–Trinajstić information content (AvgIpc) is 3.39. The number of allylic oxidation sites excluding steroid dienone is 6. The summed E-state index contributed by atoms with van der Waals surface area (Å²) in [7, 11) is 0. The van der Waals surface area contributed by atoms with Crippen LogP contribution >= 0.6 is 0 Å². The Balaban J connectivity index is 2.17. The molecule has 1 aliphatic heterocycles. The summed E-state index contributed by atoms with van der Waals surface area (Å²) in [5.74, 6) is -0.142. The highest BCUT2D eigenvalue weighted by atomic mass is 16.7. The fourth-order valence-electron chi connectivity index (χ4n) is 10.2. The van der Waals surface area contributed by atoms with Crippen LogP contribution in [0.3, 0.4) is 0 Å². The van der Waals surface area contributed by atoms with Gasteiger partial charge < -0.3 is 40.3 Å². The first-order chi connectivity index (χ1) is 35.8. The van der Waals surface area contributed by atoms with Crippen molar-refractivity contribution in [1.82, 2.24) is 5.32 Å². The van der Waals surface area contributed by atoms with Gasteiger partial charge in [-0.3, -0.25) is 4.79 Å². The third kappa shape index (κ3) is 43.1. The predicted octanol–water partition coefficient (Wildman–Crippen LogP) is 16.3. The van der Waals surface area contributed by atoms with Crippen molar-refractivity contribution in [3.8, 4) is 0 Å². The van der Waals surface area contributed by atoms with Crippen molar-refractivity contribution in [3.05, 3.63) is 36.5 Å². The van der Waals surface area contributed by atoms with Crippen LogP contribution in [0, 0.1) is 0 Å². The predicted molar refractivity (Wildman–Crippen MR) is 309 cm³/mol. The minimum atomic E-state index is -1.55. The molecule has 0 aromatic heterocycles. The van der Waals surface area contributed by atoms with Gasteiger partial charge in [0.25, 0.3) is 0 Å². The maximum absolute atomic E-state index is 13.1. The van der Waals surface area contributed by atoms with Crippen LogP contribution in [-0.4, -0.2) is 87.5 Å². The minimum absolute atomic E-state index is 0.137. The van der Waals surface area contributed by atoms with E-state index >= 15 is 0 Å². The van der Waals surface area contributed by atoms with Gasteiger partial charge in [0.1, 0.15) is 24.4 Å². The molecule has 0 spiro atoms. The summed E-state index contributed by atoms with van der Waals surface area (Å²) in [6.45, 7) is 3.87. The van der Waals surface area contributed by atoms with E-state index in [9.17, 15) is 30.3 Å². The van der Waals surface area contributed by atoms with Crippen LogP contribution in [0.1, 0.15) is 309 Å². The quantitative estimate of drug-likeness (QED) is 0.0261. The van der Waals surface area contributed by atoms with Crippen molar-refractivity contribution < 1.29 is 39.8 Å². The van der Waals surface area contributed by atoms with Gasteiger partial charge in [-0.05, 0) is 51.4 Å². The lowest BCUT2D eigenvalue weighted by Crippen LogP contribution is -2.60. The monoisotopic (exact) mass is 1030 g/mol. The van der Waals surface area contributed by atoms with Gasteiger partial charge >= 0.3 is 0 Å². The molecule has 7 unspecified atom stereocenters. The SMILES string of the molecule is CCCCCCC/C=C\C/C=C\C/C=C\CCCCCCCCCCCCCCC(=O)NC(COC1OC(CO)C(O)C(O)C1O)C(O)CCCCCCCCCCCCCCCCCCCCCCCCC. The Labute approximate surface area is 451 Å². The summed E-state index contributed by atoms with van der Waals surface area (Å²) in [5.41, 5.74) is 0. The molecule has 9 heteroatoms. The van der Waals surface area contributed by atoms with Gasteiger partial charge in [0, 0.05) is 6.42 Å².